The summed E-state index contributed by atoms with van der Waals surface area (Å²) in [5.74, 6) is -2.00. The molecule has 0 bridgehead atoms. The first-order valence-electron chi connectivity index (χ1n) is 4.07. The molecule has 15 heavy (non-hydrogen) atoms. The molecule has 0 radical (unpaired) electrons. The number of halogens is 5. The molecular weight excluding hydrogens is 278 g/mol. The van der Waals surface area contributed by atoms with Crippen LogP contribution in [0.25, 0.3) is 0 Å². The summed E-state index contributed by atoms with van der Waals surface area (Å²) in [6.45, 7) is 0. The molecule has 6 heteroatoms. The van der Waals surface area contributed by atoms with E-state index in [1.165, 1.54) is 7.05 Å². The van der Waals surface area contributed by atoms with Gasteiger partial charge >= 0.3 is 0 Å². The predicted molar refractivity (Wildman–Crippen MR) is 51.9 cm³/mol. The smallest absolute Gasteiger partial charge is 0.258 e. The third kappa shape index (κ3) is 2.49. The Labute approximate surface area is 92.6 Å². The van der Waals surface area contributed by atoms with Gasteiger partial charge in [-0.05, 0) is 35.1 Å². The van der Waals surface area contributed by atoms with Crippen LogP contribution in [0.2, 0.25) is 0 Å². The van der Waals surface area contributed by atoms with E-state index in [1.807, 2.05) is 0 Å². The zero-order chi connectivity index (χ0) is 11.6. The summed E-state index contributed by atoms with van der Waals surface area (Å²) in [4.78, 5) is 0. The normalized spacial score (nSPS) is 13.3. The lowest BCUT2D eigenvalue weighted by molar-refractivity contribution is 0.0985. The van der Waals surface area contributed by atoms with E-state index < -0.39 is 29.7 Å². The van der Waals surface area contributed by atoms with Gasteiger partial charge in [0.25, 0.3) is 6.43 Å². The van der Waals surface area contributed by atoms with Crippen LogP contribution in [0.3, 0.4) is 0 Å². The Morgan fingerprint density at radius 2 is 1.87 bits per heavy atom. The molecule has 0 spiro atoms. The summed E-state index contributed by atoms with van der Waals surface area (Å²) in [6, 6.07) is 0.421. The number of benzene rings is 1. The molecule has 1 unspecified atom stereocenters. The summed E-state index contributed by atoms with van der Waals surface area (Å²) < 4.78 is 51.5. The quantitative estimate of drug-likeness (QED) is 0.664. The van der Waals surface area contributed by atoms with Crippen molar-refractivity contribution in [1.29, 1.82) is 0 Å². The van der Waals surface area contributed by atoms with Gasteiger partial charge in [0.05, 0.1) is 10.5 Å². The van der Waals surface area contributed by atoms with Crippen LogP contribution in [0.4, 0.5) is 17.6 Å². The molecule has 84 valence electrons. The van der Waals surface area contributed by atoms with Crippen LogP contribution in [-0.2, 0) is 0 Å². The Kier molecular flexibility index (Phi) is 4.10. The molecule has 0 heterocycles. The molecule has 0 saturated heterocycles. The van der Waals surface area contributed by atoms with Gasteiger partial charge in [-0.1, -0.05) is 0 Å². The number of rotatable bonds is 3. The largest absolute Gasteiger partial charge is 0.308 e. The van der Waals surface area contributed by atoms with Crippen molar-refractivity contribution in [3.8, 4) is 0 Å². The lowest BCUT2D eigenvalue weighted by Crippen LogP contribution is -2.26. The lowest BCUT2D eigenvalue weighted by atomic mass is 10.1. The summed E-state index contributed by atoms with van der Waals surface area (Å²) in [5, 5.41) is 2.18. The minimum atomic E-state index is -2.88. The molecule has 0 aliphatic rings. The van der Waals surface area contributed by atoms with Gasteiger partial charge in [0.1, 0.15) is 11.6 Å². The van der Waals surface area contributed by atoms with Crippen LogP contribution < -0.4 is 5.32 Å². The molecule has 1 aromatic carbocycles. The average molecular weight is 286 g/mol. The molecule has 0 aliphatic carbocycles. The first-order valence-corrected chi connectivity index (χ1v) is 4.87. The maximum Gasteiger partial charge on any atom is 0.258 e. The van der Waals surface area contributed by atoms with Crippen molar-refractivity contribution in [2.24, 2.45) is 0 Å². The van der Waals surface area contributed by atoms with Crippen molar-refractivity contribution in [2.45, 2.75) is 12.5 Å². The fraction of sp³-hybridized carbons (Fsp3) is 0.333. The number of hydrogen-bond donors (Lipinski definition) is 1. The van der Waals surface area contributed by atoms with Gasteiger partial charge in [-0.3, -0.25) is 0 Å². The van der Waals surface area contributed by atoms with Crippen molar-refractivity contribution in [3.05, 3.63) is 33.8 Å². The zero-order valence-electron chi connectivity index (χ0n) is 7.70. The molecular formula is C9H8BrF4N. The fourth-order valence-corrected chi connectivity index (χ4v) is 1.57. The highest BCUT2D eigenvalue weighted by Gasteiger charge is 2.27. The molecule has 1 nitrogen and oxygen atoms in total. The van der Waals surface area contributed by atoms with Crippen LogP contribution >= 0.6 is 15.9 Å². The Hall–Kier alpha value is -0.620. The van der Waals surface area contributed by atoms with Crippen LogP contribution in [0, 0.1) is 11.6 Å². The molecule has 0 aromatic heterocycles. The number of hydrogen-bond acceptors (Lipinski definition) is 1. The SMILES string of the molecule is CNC(c1c(F)ccc(Br)c1F)C(F)F. The van der Waals surface area contributed by atoms with Crippen LogP contribution in [-0.4, -0.2) is 13.5 Å². The predicted octanol–water partition coefficient (Wildman–Crippen LogP) is 3.25. The molecule has 0 aliphatic heterocycles. The standard InChI is InChI=1S/C9H8BrF4N/c1-15-8(9(13)14)6-5(11)3-2-4(10)7(6)12/h2-3,8-9,15H,1H3. The van der Waals surface area contributed by atoms with Gasteiger partial charge in [0.2, 0.25) is 0 Å². The van der Waals surface area contributed by atoms with E-state index in [0.717, 1.165) is 12.1 Å². The van der Waals surface area contributed by atoms with Crippen molar-refractivity contribution >= 4 is 15.9 Å². The molecule has 1 N–H and O–H groups in total. The summed E-state index contributed by atoms with van der Waals surface area (Å²) in [7, 11) is 1.22. The van der Waals surface area contributed by atoms with Crippen molar-refractivity contribution < 1.29 is 17.6 Å². The number of nitrogens with one attached hydrogen (secondary N) is 1. The van der Waals surface area contributed by atoms with E-state index in [1.54, 1.807) is 0 Å². The van der Waals surface area contributed by atoms with Gasteiger partial charge in [0.15, 0.2) is 0 Å². The van der Waals surface area contributed by atoms with Gasteiger partial charge in [-0.2, -0.15) is 0 Å². The minimum absolute atomic E-state index is 0.0419. The highest BCUT2D eigenvalue weighted by molar-refractivity contribution is 9.10. The van der Waals surface area contributed by atoms with Crippen LogP contribution in [0.15, 0.2) is 16.6 Å². The summed E-state index contributed by atoms with van der Waals surface area (Å²) in [6.07, 6.45) is -2.88. The van der Waals surface area contributed by atoms with Crippen molar-refractivity contribution in [3.63, 3.8) is 0 Å². The fourth-order valence-electron chi connectivity index (χ4n) is 1.22. The lowest BCUT2D eigenvalue weighted by Gasteiger charge is -2.17. The van der Waals surface area contributed by atoms with Crippen molar-refractivity contribution in [1.82, 2.24) is 5.32 Å². The maximum atomic E-state index is 13.4. The summed E-state index contributed by atoms with van der Waals surface area (Å²) >= 11 is 2.81. The molecule has 1 aromatic rings. The number of alkyl halides is 2. The Morgan fingerprint density at radius 1 is 1.27 bits per heavy atom. The van der Waals surface area contributed by atoms with Crippen LogP contribution in [0.1, 0.15) is 11.6 Å². The third-order valence-corrected chi connectivity index (χ3v) is 2.57. The Bertz CT molecular complexity index is 356. The second kappa shape index (κ2) is 4.94. The Morgan fingerprint density at radius 3 is 2.33 bits per heavy atom. The van der Waals surface area contributed by atoms with E-state index in [-0.39, 0.29) is 4.47 Å². The first kappa shape index (κ1) is 12.4. The first-order chi connectivity index (χ1) is 6.99. The highest BCUT2D eigenvalue weighted by atomic mass is 79.9. The molecule has 0 fully saturated rings. The molecule has 0 saturated carbocycles. The van der Waals surface area contributed by atoms with E-state index in [9.17, 15) is 17.6 Å². The van der Waals surface area contributed by atoms with Gasteiger partial charge in [0, 0.05) is 5.56 Å². The highest BCUT2D eigenvalue weighted by Crippen LogP contribution is 2.29. The molecule has 1 atom stereocenters. The van der Waals surface area contributed by atoms with Gasteiger partial charge < -0.3 is 5.32 Å². The minimum Gasteiger partial charge on any atom is -0.308 e. The average Bonchev–Trinajstić information content (AvgIpc) is 2.18. The van der Waals surface area contributed by atoms with Crippen molar-refractivity contribution in [2.75, 3.05) is 7.05 Å². The second-order valence-electron chi connectivity index (χ2n) is 2.86. The topological polar surface area (TPSA) is 12.0 Å². The Balaban J connectivity index is 3.27. The van der Waals surface area contributed by atoms with E-state index in [0.29, 0.717) is 0 Å². The van der Waals surface area contributed by atoms with Gasteiger partial charge in [-0.25, -0.2) is 17.6 Å². The van der Waals surface area contributed by atoms with E-state index in [4.69, 9.17) is 0 Å². The van der Waals surface area contributed by atoms with Gasteiger partial charge in [-0.15, -0.1) is 0 Å². The van der Waals surface area contributed by atoms with E-state index in [2.05, 4.69) is 21.2 Å². The van der Waals surface area contributed by atoms with E-state index >= 15 is 0 Å². The third-order valence-electron chi connectivity index (χ3n) is 1.95. The van der Waals surface area contributed by atoms with Crippen LogP contribution in [0.5, 0.6) is 0 Å². The summed E-state index contributed by atoms with van der Waals surface area (Å²) in [5.41, 5.74) is -0.651. The second-order valence-corrected chi connectivity index (χ2v) is 3.71. The molecule has 1 rings (SSSR count). The molecule has 0 amide bonds. The maximum absolute atomic E-state index is 13.4. The zero-order valence-corrected chi connectivity index (χ0v) is 9.29. The monoisotopic (exact) mass is 285 g/mol.